The van der Waals surface area contributed by atoms with Gasteiger partial charge in [0.25, 0.3) is 5.91 Å². The van der Waals surface area contributed by atoms with Gasteiger partial charge >= 0.3 is 0 Å². The number of hydrogen-bond donors (Lipinski definition) is 1. The molecule has 0 radical (unpaired) electrons. The molecule has 0 aromatic heterocycles. The van der Waals surface area contributed by atoms with Crippen molar-refractivity contribution < 1.29 is 9.90 Å². The minimum absolute atomic E-state index is 0.0624. The largest absolute Gasteiger partial charge is 0.508 e. The quantitative estimate of drug-likeness (QED) is 0.854. The topological polar surface area (TPSA) is 40.5 Å². The normalized spacial score (nSPS) is 12.2. The van der Waals surface area contributed by atoms with Crippen LogP contribution in [-0.4, -0.2) is 28.5 Å². The fourth-order valence-corrected chi connectivity index (χ4v) is 2.10. The minimum atomic E-state index is -0.108. The number of aromatic hydroxyl groups is 1. The van der Waals surface area contributed by atoms with Crippen molar-refractivity contribution in [1.29, 1.82) is 0 Å². The van der Waals surface area contributed by atoms with E-state index in [0.29, 0.717) is 10.6 Å². The number of amides is 1. The van der Waals surface area contributed by atoms with Gasteiger partial charge in [0.1, 0.15) is 5.75 Å². The lowest BCUT2D eigenvalue weighted by atomic mass is 10.1. The van der Waals surface area contributed by atoms with E-state index in [1.807, 2.05) is 11.8 Å². The molecule has 19 heavy (non-hydrogen) atoms. The molecule has 106 valence electrons. The second kappa shape index (κ2) is 7.39. The number of halogens is 1. The highest BCUT2D eigenvalue weighted by Gasteiger charge is 2.22. The predicted octanol–water partition coefficient (Wildman–Crippen LogP) is 4.09. The molecule has 0 saturated carbocycles. The Hall–Kier alpha value is -1.22. The Balaban J connectivity index is 3.00. The van der Waals surface area contributed by atoms with Crippen molar-refractivity contribution in [2.45, 2.75) is 46.1 Å². The number of carbonyl (C=O) groups excluding carboxylic acids is 1. The van der Waals surface area contributed by atoms with E-state index in [1.165, 1.54) is 12.1 Å². The average Bonchev–Trinajstić information content (AvgIpc) is 2.41. The first-order valence-corrected chi connectivity index (χ1v) is 7.18. The summed E-state index contributed by atoms with van der Waals surface area (Å²) in [7, 11) is 0. The van der Waals surface area contributed by atoms with Gasteiger partial charge in [0.05, 0.1) is 10.6 Å². The van der Waals surface area contributed by atoms with E-state index < -0.39 is 0 Å². The molecule has 0 aliphatic rings. The monoisotopic (exact) mass is 283 g/mol. The number of benzene rings is 1. The Morgan fingerprint density at radius 2 is 2.11 bits per heavy atom. The van der Waals surface area contributed by atoms with Crippen LogP contribution in [0.2, 0.25) is 5.02 Å². The highest BCUT2D eigenvalue weighted by molar-refractivity contribution is 6.33. The minimum Gasteiger partial charge on any atom is -0.508 e. The molecule has 1 atom stereocenters. The third-order valence-electron chi connectivity index (χ3n) is 3.32. The molecule has 0 spiro atoms. The molecule has 1 rings (SSSR count). The van der Waals surface area contributed by atoms with Crippen LogP contribution in [0.25, 0.3) is 0 Å². The van der Waals surface area contributed by atoms with Crippen molar-refractivity contribution in [3.63, 3.8) is 0 Å². The second-order valence-electron chi connectivity index (χ2n) is 4.77. The number of phenolic OH excluding ortho intramolecular Hbond substituents is 1. The summed E-state index contributed by atoms with van der Waals surface area (Å²) in [6.45, 7) is 6.90. The van der Waals surface area contributed by atoms with Crippen molar-refractivity contribution >= 4 is 17.5 Å². The fraction of sp³-hybridized carbons (Fsp3) is 0.533. The Kier molecular flexibility index (Phi) is 6.16. The third-order valence-corrected chi connectivity index (χ3v) is 3.65. The molecule has 0 aliphatic carbocycles. The predicted molar refractivity (Wildman–Crippen MR) is 78.8 cm³/mol. The van der Waals surface area contributed by atoms with E-state index in [1.54, 1.807) is 6.07 Å². The second-order valence-corrected chi connectivity index (χ2v) is 5.18. The first-order chi connectivity index (χ1) is 9.01. The maximum absolute atomic E-state index is 12.6. The van der Waals surface area contributed by atoms with Gasteiger partial charge in [0.2, 0.25) is 0 Å². The summed E-state index contributed by atoms with van der Waals surface area (Å²) in [5, 5.41) is 9.89. The zero-order valence-electron chi connectivity index (χ0n) is 11.8. The van der Waals surface area contributed by atoms with Crippen molar-refractivity contribution in [3.05, 3.63) is 28.8 Å². The Morgan fingerprint density at radius 1 is 1.42 bits per heavy atom. The molecule has 1 aromatic carbocycles. The van der Waals surface area contributed by atoms with Crippen LogP contribution in [0.15, 0.2) is 18.2 Å². The average molecular weight is 284 g/mol. The number of hydrogen-bond acceptors (Lipinski definition) is 2. The molecule has 0 heterocycles. The molecule has 1 unspecified atom stereocenters. The number of carbonyl (C=O) groups is 1. The fourth-order valence-electron chi connectivity index (χ4n) is 1.90. The summed E-state index contributed by atoms with van der Waals surface area (Å²) in [6.07, 6.45) is 2.90. The first-order valence-electron chi connectivity index (χ1n) is 6.80. The summed E-state index contributed by atoms with van der Waals surface area (Å²) in [4.78, 5) is 14.4. The molecule has 1 N–H and O–H groups in total. The lowest BCUT2D eigenvalue weighted by Crippen LogP contribution is -2.39. The van der Waals surface area contributed by atoms with Gasteiger partial charge in [-0.3, -0.25) is 4.79 Å². The number of phenols is 1. The lowest BCUT2D eigenvalue weighted by Gasteiger charge is -2.29. The molecule has 0 aliphatic heterocycles. The van der Waals surface area contributed by atoms with Crippen LogP contribution in [0.1, 0.15) is 50.4 Å². The van der Waals surface area contributed by atoms with Gasteiger partial charge in [-0.15, -0.1) is 0 Å². The summed E-state index contributed by atoms with van der Waals surface area (Å²) in [5.74, 6) is -0.0453. The van der Waals surface area contributed by atoms with Crippen LogP contribution in [0.4, 0.5) is 0 Å². The highest BCUT2D eigenvalue weighted by atomic mass is 35.5. The Labute approximate surface area is 120 Å². The molecule has 0 bridgehead atoms. The molecule has 1 aromatic rings. The van der Waals surface area contributed by atoms with Crippen molar-refractivity contribution in [2.24, 2.45) is 0 Å². The van der Waals surface area contributed by atoms with Gasteiger partial charge in [0, 0.05) is 12.6 Å². The van der Waals surface area contributed by atoms with Gasteiger partial charge in [-0.05, 0) is 38.0 Å². The van der Waals surface area contributed by atoms with Crippen LogP contribution in [0.3, 0.4) is 0 Å². The van der Waals surface area contributed by atoms with Crippen LogP contribution in [0, 0.1) is 0 Å². The van der Waals surface area contributed by atoms with Gasteiger partial charge < -0.3 is 10.0 Å². The van der Waals surface area contributed by atoms with E-state index in [4.69, 9.17) is 11.6 Å². The van der Waals surface area contributed by atoms with E-state index in [2.05, 4.69) is 13.8 Å². The maximum Gasteiger partial charge on any atom is 0.255 e. The maximum atomic E-state index is 12.6. The van der Waals surface area contributed by atoms with E-state index >= 15 is 0 Å². The summed E-state index contributed by atoms with van der Waals surface area (Å²) in [5.41, 5.74) is 0.373. The number of nitrogens with zero attached hydrogens (tertiary/aromatic N) is 1. The van der Waals surface area contributed by atoms with Gasteiger partial charge in [-0.1, -0.05) is 31.9 Å². The zero-order chi connectivity index (χ0) is 14.4. The van der Waals surface area contributed by atoms with E-state index in [0.717, 1.165) is 25.8 Å². The smallest absolute Gasteiger partial charge is 0.255 e. The third kappa shape index (κ3) is 4.13. The zero-order valence-corrected chi connectivity index (χ0v) is 12.6. The number of unbranched alkanes of at least 4 members (excludes halogenated alkanes) is 1. The van der Waals surface area contributed by atoms with Gasteiger partial charge in [0.15, 0.2) is 0 Å². The molecule has 1 amide bonds. The molecular formula is C15H22ClNO2. The highest BCUT2D eigenvalue weighted by Crippen LogP contribution is 2.24. The SMILES string of the molecule is CCCCN(C(=O)c1cc(O)ccc1Cl)C(C)CC. The van der Waals surface area contributed by atoms with Crippen LogP contribution in [-0.2, 0) is 0 Å². The van der Waals surface area contributed by atoms with Gasteiger partial charge in [-0.25, -0.2) is 0 Å². The van der Waals surface area contributed by atoms with Crippen LogP contribution < -0.4 is 0 Å². The van der Waals surface area contributed by atoms with E-state index in [9.17, 15) is 9.90 Å². The summed E-state index contributed by atoms with van der Waals surface area (Å²) < 4.78 is 0. The van der Waals surface area contributed by atoms with Crippen molar-refractivity contribution in [3.8, 4) is 5.75 Å². The lowest BCUT2D eigenvalue weighted by molar-refractivity contribution is 0.0685. The molecular weight excluding hydrogens is 262 g/mol. The Morgan fingerprint density at radius 3 is 2.68 bits per heavy atom. The van der Waals surface area contributed by atoms with Crippen LogP contribution >= 0.6 is 11.6 Å². The van der Waals surface area contributed by atoms with Gasteiger partial charge in [-0.2, -0.15) is 0 Å². The summed E-state index contributed by atoms with van der Waals surface area (Å²) in [6, 6.07) is 4.64. The number of rotatable bonds is 6. The van der Waals surface area contributed by atoms with Crippen LogP contribution in [0.5, 0.6) is 5.75 Å². The van der Waals surface area contributed by atoms with Crippen molar-refractivity contribution in [1.82, 2.24) is 4.90 Å². The summed E-state index contributed by atoms with van der Waals surface area (Å²) >= 11 is 6.06. The Bertz CT molecular complexity index is 434. The first kappa shape index (κ1) is 15.8. The molecule has 3 nitrogen and oxygen atoms in total. The standard InChI is InChI=1S/C15H22ClNO2/c1-4-6-9-17(11(3)5-2)15(19)13-10-12(18)7-8-14(13)16/h7-8,10-11,18H,4-6,9H2,1-3H3. The molecule has 0 fully saturated rings. The molecule has 4 heteroatoms. The van der Waals surface area contributed by atoms with Crippen molar-refractivity contribution in [2.75, 3.05) is 6.54 Å². The molecule has 0 saturated heterocycles. The van der Waals surface area contributed by atoms with E-state index in [-0.39, 0.29) is 17.7 Å².